The summed E-state index contributed by atoms with van der Waals surface area (Å²) in [7, 11) is 0. The number of nitrogens with one attached hydrogen (secondary N) is 3. The molecule has 0 bridgehead atoms. The number of benzene rings is 2. The van der Waals surface area contributed by atoms with Crippen molar-refractivity contribution < 1.29 is 14.4 Å². The number of nitrogens with zero attached hydrogens (tertiary/aromatic N) is 1. The van der Waals surface area contributed by atoms with Crippen LogP contribution >= 0.6 is 23.2 Å². The minimum absolute atomic E-state index is 0.0473. The second kappa shape index (κ2) is 10.8. The maximum atomic E-state index is 12.3. The highest BCUT2D eigenvalue weighted by atomic mass is 35.5. The lowest BCUT2D eigenvalue weighted by molar-refractivity contribution is -0.120. The van der Waals surface area contributed by atoms with E-state index in [4.69, 9.17) is 23.2 Å². The Morgan fingerprint density at radius 2 is 1.28 bits per heavy atom. The summed E-state index contributed by atoms with van der Waals surface area (Å²) in [6.07, 6.45) is 0. The number of hydrogen-bond donors (Lipinski definition) is 3. The maximum Gasteiger partial charge on any atom is 0.238 e. The van der Waals surface area contributed by atoms with Gasteiger partial charge in [-0.05, 0) is 49.0 Å². The number of amides is 3. The zero-order valence-corrected chi connectivity index (χ0v) is 17.6. The van der Waals surface area contributed by atoms with Gasteiger partial charge >= 0.3 is 0 Å². The molecule has 9 heteroatoms. The van der Waals surface area contributed by atoms with Crippen LogP contribution in [0.25, 0.3) is 0 Å². The van der Waals surface area contributed by atoms with E-state index in [2.05, 4.69) is 16.0 Å². The minimum Gasteiger partial charge on any atom is -0.326 e. The first-order valence-corrected chi connectivity index (χ1v) is 9.67. The summed E-state index contributed by atoms with van der Waals surface area (Å²) in [6, 6.07) is 11.6. The molecule has 0 aliphatic heterocycles. The summed E-state index contributed by atoms with van der Waals surface area (Å²) in [6.45, 7) is 3.91. The van der Waals surface area contributed by atoms with Crippen molar-refractivity contribution in [2.24, 2.45) is 0 Å². The lowest BCUT2D eigenvalue weighted by Gasteiger charge is -2.19. The number of hydrogen-bond acceptors (Lipinski definition) is 4. The zero-order chi connectivity index (χ0) is 21.4. The first kappa shape index (κ1) is 22.7. The van der Waals surface area contributed by atoms with E-state index in [9.17, 15) is 14.4 Å². The normalized spacial score (nSPS) is 10.5. The summed E-state index contributed by atoms with van der Waals surface area (Å²) in [4.78, 5) is 37.3. The molecular weight excluding hydrogens is 415 g/mol. The van der Waals surface area contributed by atoms with Crippen molar-refractivity contribution >= 4 is 58.0 Å². The van der Waals surface area contributed by atoms with E-state index in [0.29, 0.717) is 33.7 Å². The highest BCUT2D eigenvalue weighted by Crippen LogP contribution is 2.24. The van der Waals surface area contributed by atoms with Gasteiger partial charge in [0.25, 0.3) is 0 Å². The third kappa shape index (κ3) is 7.73. The second-order valence-electron chi connectivity index (χ2n) is 6.29. The van der Waals surface area contributed by atoms with Gasteiger partial charge < -0.3 is 16.0 Å². The Hall–Kier alpha value is -2.61. The standard InChI is InChI=1S/C20H22Cl2N4O3/c1-3-26(12-20(29)25-16-8-9-17(21)18(22)10-16)11-19(28)24-15-6-4-14(5-7-15)23-13(2)27/h4-10H,3,11-12H2,1-2H3,(H,23,27)(H,24,28)(H,25,29). The largest absolute Gasteiger partial charge is 0.326 e. The molecule has 29 heavy (non-hydrogen) atoms. The molecular formula is C20H22Cl2N4O3. The molecule has 0 unspecified atom stereocenters. The molecule has 0 spiro atoms. The van der Waals surface area contributed by atoms with Crippen molar-refractivity contribution in [3.05, 3.63) is 52.5 Å². The molecule has 2 rings (SSSR count). The van der Waals surface area contributed by atoms with Crippen LogP contribution in [0.4, 0.5) is 17.1 Å². The van der Waals surface area contributed by atoms with Gasteiger partial charge in [0.2, 0.25) is 17.7 Å². The van der Waals surface area contributed by atoms with E-state index in [1.807, 2.05) is 6.92 Å². The fourth-order valence-corrected chi connectivity index (χ4v) is 2.80. The Morgan fingerprint density at radius 1 is 0.793 bits per heavy atom. The van der Waals surface area contributed by atoms with E-state index in [0.717, 1.165) is 0 Å². The molecule has 2 aromatic rings. The van der Waals surface area contributed by atoms with Crippen LogP contribution in [0.1, 0.15) is 13.8 Å². The van der Waals surface area contributed by atoms with Crippen LogP contribution < -0.4 is 16.0 Å². The predicted octanol–water partition coefficient (Wildman–Crippen LogP) is 3.85. The quantitative estimate of drug-likeness (QED) is 0.585. The molecule has 3 amide bonds. The molecule has 0 saturated heterocycles. The van der Waals surface area contributed by atoms with Gasteiger partial charge in [-0.25, -0.2) is 0 Å². The lowest BCUT2D eigenvalue weighted by Crippen LogP contribution is -2.38. The van der Waals surface area contributed by atoms with Crippen molar-refractivity contribution in [3.8, 4) is 0 Å². The Balaban J connectivity index is 1.86. The van der Waals surface area contributed by atoms with Crippen LogP contribution in [0.2, 0.25) is 10.0 Å². The van der Waals surface area contributed by atoms with E-state index < -0.39 is 0 Å². The van der Waals surface area contributed by atoms with Crippen LogP contribution in [0, 0.1) is 0 Å². The Morgan fingerprint density at radius 3 is 1.76 bits per heavy atom. The summed E-state index contributed by atoms with van der Waals surface area (Å²) < 4.78 is 0. The molecule has 154 valence electrons. The second-order valence-corrected chi connectivity index (χ2v) is 7.10. The van der Waals surface area contributed by atoms with Gasteiger partial charge in [0.15, 0.2) is 0 Å². The van der Waals surface area contributed by atoms with Gasteiger partial charge in [-0.15, -0.1) is 0 Å². The summed E-state index contributed by atoms with van der Waals surface area (Å²) in [5, 5.41) is 8.90. The fraction of sp³-hybridized carbons (Fsp3) is 0.250. The third-order valence-corrected chi connectivity index (χ3v) is 4.61. The lowest BCUT2D eigenvalue weighted by atomic mass is 10.2. The Kier molecular flexibility index (Phi) is 8.45. The van der Waals surface area contributed by atoms with Gasteiger partial charge in [-0.2, -0.15) is 0 Å². The van der Waals surface area contributed by atoms with Gasteiger partial charge in [-0.3, -0.25) is 19.3 Å². The van der Waals surface area contributed by atoms with E-state index in [1.54, 1.807) is 47.4 Å². The number of carbonyl (C=O) groups excluding carboxylic acids is 3. The molecule has 0 radical (unpaired) electrons. The average Bonchev–Trinajstić information content (AvgIpc) is 2.65. The van der Waals surface area contributed by atoms with E-state index in [-0.39, 0.29) is 30.8 Å². The van der Waals surface area contributed by atoms with Crippen LogP contribution in [0.3, 0.4) is 0 Å². The van der Waals surface area contributed by atoms with Crippen LogP contribution in [0.15, 0.2) is 42.5 Å². The smallest absolute Gasteiger partial charge is 0.238 e. The number of halogens is 2. The third-order valence-electron chi connectivity index (χ3n) is 3.87. The molecule has 0 aliphatic rings. The Bertz CT molecular complexity index is 888. The molecule has 0 aromatic heterocycles. The molecule has 3 N–H and O–H groups in total. The number of rotatable bonds is 8. The van der Waals surface area contributed by atoms with Gasteiger partial charge in [-0.1, -0.05) is 30.1 Å². The van der Waals surface area contributed by atoms with Crippen molar-refractivity contribution in [1.82, 2.24) is 4.90 Å². The summed E-state index contributed by atoms with van der Waals surface area (Å²) in [5.74, 6) is -0.682. The van der Waals surface area contributed by atoms with E-state index in [1.165, 1.54) is 6.92 Å². The predicted molar refractivity (Wildman–Crippen MR) is 117 cm³/mol. The average molecular weight is 437 g/mol. The molecule has 2 aromatic carbocycles. The van der Waals surface area contributed by atoms with Crippen molar-refractivity contribution in [3.63, 3.8) is 0 Å². The van der Waals surface area contributed by atoms with Gasteiger partial charge in [0.05, 0.1) is 23.1 Å². The highest BCUT2D eigenvalue weighted by Gasteiger charge is 2.14. The SMILES string of the molecule is CCN(CC(=O)Nc1ccc(NC(C)=O)cc1)CC(=O)Nc1ccc(Cl)c(Cl)c1. The maximum absolute atomic E-state index is 12.3. The van der Waals surface area contributed by atoms with Crippen LogP contribution in [-0.2, 0) is 14.4 Å². The zero-order valence-electron chi connectivity index (χ0n) is 16.1. The van der Waals surface area contributed by atoms with Crippen LogP contribution in [0.5, 0.6) is 0 Å². The number of anilines is 3. The first-order chi connectivity index (χ1) is 13.8. The molecule has 0 aliphatic carbocycles. The first-order valence-electron chi connectivity index (χ1n) is 8.91. The van der Waals surface area contributed by atoms with Gasteiger partial charge in [0, 0.05) is 24.0 Å². The van der Waals surface area contributed by atoms with Crippen LogP contribution in [-0.4, -0.2) is 42.3 Å². The number of carbonyl (C=O) groups is 3. The molecule has 0 heterocycles. The molecule has 7 nitrogen and oxygen atoms in total. The summed E-state index contributed by atoms with van der Waals surface area (Å²) in [5.41, 5.74) is 1.77. The van der Waals surface area contributed by atoms with Gasteiger partial charge in [0.1, 0.15) is 0 Å². The number of likely N-dealkylation sites (N-methyl/N-ethyl adjacent to an activating group) is 1. The highest BCUT2D eigenvalue weighted by molar-refractivity contribution is 6.42. The molecule has 0 saturated carbocycles. The van der Waals surface area contributed by atoms with E-state index >= 15 is 0 Å². The molecule has 0 fully saturated rings. The van der Waals surface area contributed by atoms with Crippen molar-refractivity contribution in [1.29, 1.82) is 0 Å². The topological polar surface area (TPSA) is 90.5 Å². The fourth-order valence-electron chi connectivity index (χ4n) is 2.50. The minimum atomic E-state index is -0.266. The van der Waals surface area contributed by atoms with Crippen molar-refractivity contribution in [2.45, 2.75) is 13.8 Å². The molecule has 0 atom stereocenters. The summed E-state index contributed by atoms with van der Waals surface area (Å²) >= 11 is 11.8. The van der Waals surface area contributed by atoms with Crippen molar-refractivity contribution in [2.75, 3.05) is 35.6 Å². The Labute approximate surface area is 179 Å². The monoisotopic (exact) mass is 436 g/mol.